The maximum absolute atomic E-state index is 11.8. The zero-order valence-corrected chi connectivity index (χ0v) is 12.1. The average Bonchev–Trinajstić information content (AvgIpc) is 2.42. The smallest absolute Gasteiger partial charge is 0.170 e. The molecule has 0 aromatic heterocycles. The monoisotopic (exact) mass is 280 g/mol. The van der Waals surface area contributed by atoms with Crippen LogP contribution in [-0.4, -0.2) is 39.0 Å². The number of ketones is 2. The van der Waals surface area contributed by atoms with Crippen molar-refractivity contribution in [3.05, 3.63) is 23.8 Å². The number of hydrogen-bond donors (Lipinski definition) is 0. The lowest BCUT2D eigenvalue weighted by atomic mass is 10.1. The van der Waals surface area contributed by atoms with E-state index in [9.17, 15) is 9.59 Å². The molecule has 20 heavy (non-hydrogen) atoms. The lowest BCUT2D eigenvalue weighted by Gasteiger charge is -2.11. The highest BCUT2D eigenvalue weighted by atomic mass is 16.5. The lowest BCUT2D eigenvalue weighted by Crippen LogP contribution is -2.07. The summed E-state index contributed by atoms with van der Waals surface area (Å²) in [5, 5.41) is 0. The molecule has 0 saturated heterocycles. The summed E-state index contributed by atoms with van der Waals surface area (Å²) in [5.74, 6) is 0.676. The molecule has 0 bridgehead atoms. The Morgan fingerprint density at radius 1 is 1.10 bits per heavy atom. The summed E-state index contributed by atoms with van der Waals surface area (Å²) in [7, 11) is 3.16. The summed E-state index contributed by atoms with van der Waals surface area (Å²) in [6.07, 6.45) is 0.640. The molecule has 0 aliphatic heterocycles. The molecular weight excluding hydrogens is 260 g/mol. The van der Waals surface area contributed by atoms with Gasteiger partial charge in [-0.25, -0.2) is 0 Å². The fraction of sp³-hybridized carbons (Fsp3) is 0.467. The van der Waals surface area contributed by atoms with E-state index in [1.165, 1.54) is 14.0 Å². The topological polar surface area (TPSA) is 61.8 Å². The van der Waals surface area contributed by atoms with Crippen LogP contribution >= 0.6 is 0 Å². The fourth-order valence-electron chi connectivity index (χ4n) is 1.68. The van der Waals surface area contributed by atoms with Gasteiger partial charge in [0.05, 0.1) is 20.1 Å². The minimum atomic E-state index is -0.220. The van der Waals surface area contributed by atoms with E-state index in [2.05, 4.69) is 0 Å². The minimum absolute atomic E-state index is 0.102. The van der Waals surface area contributed by atoms with Crippen molar-refractivity contribution in [1.82, 2.24) is 0 Å². The summed E-state index contributed by atoms with van der Waals surface area (Å²) in [5.41, 5.74) is 0.447. The third kappa shape index (κ3) is 5.01. The van der Waals surface area contributed by atoms with Crippen LogP contribution in [0.4, 0.5) is 0 Å². The number of rotatable bonds is 9. The van der Waals surface area contributed by atoms with Crippen molar-refractivity contribution in [2.75, 3.05) is 27.4 Å². The Balaban J connectivity index is 2.79. The standard InChI is InChI=1S/C15H20O5/c1-11(16)9-13(17)12-5-6-14(19-3)15(10-12)20-8-4-7-18-2/h5-6,10H,4,7-9H2,1-3H3. The molecule has 1 aromatic carbocycles. The highest BCUT2D eigenvalue weighted by Gasteiger charge is 2.12. The molecule has 0 unspecified atom stereocenters. The second-order valence-corrected chi connectivity index (χ2v) is 4.36. The molecule has 5 heteroatoms. The second kappa shape index (κ2) is 8.32. The number of carbonyl (C=O) groups excluding carboxylic acids is 2. The SMILES string of the molecule is COCCCOc1cc(C(=O)CC(C)=O)ccc1OC. The van der Waals surface area contributed by atoms with Crippen LogP contribution in [0, 0.1) is 0 Å². The van der Waals surface area contributed by atoms with E-state index in [0.29, 0.717) is 30.3 Å². The number of Topliss-reactive ketones (excluding diaryl/α,β-unsaturated/α-hetero) is 2. The number of methoxy groups -OCH3 is 2. The van der Waals surface area contributed by atoms with Crippen molar-refractivity contribution in [2.45, 2.75) is 19.8 Å². The Bertz CT molecular complexity index is 467. The average molecular weight is 280 g/mol. The minimum Gasteiger partial charge on any atom is -0.493 e. The number of ether oxygens (including phenoxy) is 3. The van der Waals surface area contributed by atoms with Crippen LogP contribution in [-0.2, 0) is 9.53 Å². The highest BCUT2D eigenvalue weighted by molar-refractivity contribution is 6.07. The molecular formula is C15H20O5. The van der Waals surface area contributed by atoms with E-state index in [4.69, 9.17) is 14.2 Å². The highest BCUT2D eigenvalue weighted by Crippen LogP contribution is 2.28. The van der Waals surface area contributed by atoms with Gasteiger partial charge in [0.1, 0.15) is 5.78 Å². The van der Waals surface area contributed by atoms with E-state index in [1.807, 2.05) is 0 Å². The van der Waals surface area contributed by atoms with Gasteiger partial charge in [0.15, 0.2) is 17.3 Å². The first-order valence-electron chi connectivity index (χ1n) is 6.41. The van der Waals surface area contributed by atoms with Gasteiger partial charge in [-0.05, 0) is 25.1 Å². The quantitative estimate of drug-likeness (QED) is 0.394. The molecule has 0 radical (unpaired) electrons. The molecule has 0 atom stereocenters. The number of benzene rings is 1. The first kappa shape index (κ1) is 16.2. The van der Waals surface area contributed by atoms with Crippen LogP contribution in [0.2, 0.25) is 0 Å². The summed E-state index contributed by atoms with van der Waals surface area (Å²) in [6.45, 7) is 2.46. The van der Waals surface area contributed by atoms with E-state index in [1.54, 1.807) is 25.3 Å². The van der Waals surface area contributed by atoms with Crippen molar-refractivity contribution >= 4 is 11.6 Å². The molecule has 1 aromatic rings. The third-order valence-corrected chi connectivity index (χ3v) is 2.65. The second-order valence-electron chi connectivity index (χ2n) is 4.36. The van der Waals surface area contributed by atoms with Crippen molar-refractivity contribution < 1.29 is 23.8 Å². The van der Waals surface area contributed by atoms with Gasteiger partial charge in [0, 0.05) is 25.7 Å². The zero-order valence-electron chi connectivity index (χ0n) is 12.1. The van der Waals surface area contributed by atoms with Gasteiger partial charge in [-0.1, -0.05) is 0 Å². The van der Waals surface area contributed by atoms with Crippen molar-refractivity contribution in [3.8, 4) is 11.5 Å². The van der Waals surface area contributed by atoms with Crippen molar-refractivity contribution in [2.24, 2.45) is 0 Å². The molecule has 0 saturated carbocycles. The molecule has 0 spiro atoms. The van der Waals surface area contributed by atoms with E-state index < -0.39 is 0 Å². The Hall–Kier alpha value is -1.88. The van der Waals surface area contributed by atoms with Gasteiger partial charge in [0.2, 0.25) is 0 Å². The van der Waals surface area contributed by atoms with E-state index in [0.717, 1.165) is 6.42 Å². The van der Waals surface area contributed by atoms with Crippen LogP contribution in [0.3, 0.4) is 0 Å². The number of hydrogen-bond acceptors (Lipinski definition) is 5. The summed E-state index contributed by atoms with van der Waals surface area (Å²) < 4.78 is 15.7. The summed E-state index contributed by atoms with van der Waals surface area (Å²) in [4.78, 5) is 22.8. The van der Waals surface area contributed by atoms with Gasteiger partial charge in [0.25, 0.3) is 0 Å². The van der Waals surface area contributed by atoms with E-state index in [-0.39, 0.29) is 18.0 Å². The predicted molar refractivity (Wildman–Crippen MR) is 74.6 cm³/mol. The number of carbonyl (C=O) groups is 2. The molecule has 110 valence electrons. The van der Waals surface area contributed by atoms with Crippen LogP contribution < -0.4 is 9.47 Å². The van der Waals surface area contributed by atoms with E-state index >= 15 is 0 Å². The van der Waals surface area contributed by atoms with Gasteiger partial charge in [-0.2, -0.15) is 0 Å². The zero-order chi connectivity index (χ0) is 15.0. The Kier molecular flexibility index (Phi) is 6.73. The molecule has 0 aliphatic carbocycles. The molecule has 0 aliphatic rings. The molecule has 5 nitrogen and oxygen atoms in total. The van der Waals surface area contributed by atoms with Crippen LogP contribution in [0.5, 0.6) is 11.5 Å². The van der Waals surface area contributed by atoms with Crippen LogP contribution in [0.1, 0.15) is 30.1 Å². The third-order valence-electron chi connectivity index (χ3n) is 2.65. The Morgan fingerprint density at radius 2 is 1.85 bits per heavy atom. The Morgan fingerprint density at radius 3 is 2.45 bits per heavy atom. The maximum atomic E-state index is 11.8. The summed E-state index contributed by atoms with van der Waals surface area (Å²) >= 11 is 0. The van der Waals surface area contributed by atoms with Gasteiger partial charge in [-0.15, -0.1) is 0 Å². The molecule has 0 heterocycles. The summed E-state index contributed by atoms with van der Waals surface area (Å²) in [6, 6.07) is 4.90. The first-order valence-corrected chi connectivity index (χ1v) is 6.41. The lowest BCUT2D eigenvalue weighted by molar-refractivity contribution is -0.116. The molecule has 0 fully saturated rings. The van der Waals surface area contributed by atoms with Crippen molar-refractivity contribution in [3.63, 3.8) is 0 Å². The Labute approximate surface area is 118 Å². The van der Waals surface area contributed by atoms with Gasteiger partial charge >= 0.3 is 0 Å². The van der Waals surface area contributed by atoms with Crippen LogP contribution in [0.15, 0.2) is 18.2 Å². The van der Waals surface area contributed by atoms with Crippen molar-refractivity contribution in [1.29, 1.82) is 0 Å². The molecule has 1 rings (SSSR count). The fourth-order valence-corrected chi connectivity index (χ4v) is 1.68. The van der Waals surface area contributed by atoms with Gasteiger partial charge < -0.3 is 14.2 Å². The first-order chi connectivity index (χ1) is 9.58. The predicted octanol–water partition coefficient (Wildman–Crippen LogP) is 2.27. The van der Waals surface area contributed by atoms with Gasteiger partial charge in [-0.3, -0.25) is 9.59 Å². The molecule has 0 N–H and O–H groups in total. The largest absolute Gasteiger partial charge is 0.493 e. The van der Waals surface area contributed by atoms with Crippen LogP contribution in [0.25, 0.3) is 0 Å². The normalized spacial score (nSPS) is 10.2. The maximum Gasteiger partial charge on any atom is 0.170 e. The molecule has 0 amide bonds.